The number of carbonyl (C=O) groups is 3. The van der Waals surface area contributed by atoms with Crippen LogP contribution in [-0.2, 0) is 9.59 Å². The predicted octanol–water partition coefficient (Wildman–Crippen LogP) is 2.98. The van der Waals surface area contributed by atoms with Gasteiger partial charge in [0, 0.05) is 11.8 Å². The Hall–Kier alpha value is -3.01. The summed E-state index contributed by atoms with van der Waals surface area (Å²) in [7, 11) is 1.56. The number of anilines is 2. The first kappa shape index (κ1) is 22.7. The second-order valence-corrected chi connectivity index (χ2v) is 7.49. The molecule has 1 aliphatic heterocycles. The smallest absolute Gasteiger partial charge is 0.325 e. The molecule has 4 amide bonds. The number of fused-ring (bicyclic) bond motifs is 1. The highest BCUT2D eigenvalue weighted by Crippen LogP contribution is 2.32. The number of amides is 4. The summed E-state index contributed by atoms with van der Waals surface area (Å²) in [5, 5.41) is 7.96. The summed E-state index contributed by atoms with van der Waals surface area (Å²) < 4.78 is 10.9. The largest absolute Gasteiger partial charge is 0.486 e. The molecule has 164 valence electrons. The van der Waals surface area contributed by atoms with Crippen molar-refractivity contribution in [2.75, 3.05) is 44.0 Å². The number of rotatable bonds is 6. The van der Waals surface area contributed by atoms with Crippen LogP contribution in [-0.4, -0.2) is 56.1 Å². The molecule has 0 atom stereocenters. The zero-order valence-corrected chi connectivity index (χ0v) is 18.0. The fourth-order valence-corrected chi connectivity index (χ4v) is 3.28. The molecular weight excluding hydrogens is 447 g/mol. The summed E-state index contributed by atoms with van der Waals surface area (Å²) in [6.45, 7) is 0.590. The zero-order chi connectivity index (χ0) is 22.4. The van der Waals surface area contributed by atoms with E-state index in [9.17, 15) is 14.4 Å². The van der Waals surface area contributed by atoms with Crippen molar-refractivity contribution in [2.24, 2.45) is 0 Å². The van der Waals surface area contributed by atoms with E-state index in [1.807, 2.05) is 0 Å². The maximum Gasteiger partial charge on any atom is 0.325 e. The lowest BCUT2D eigenvalue weighted by Gasteiger charge is -2.19. The molecule has 1 aliphatic rings. The number of benzene rings is 2. The van der Waals surface area contributed by atoms with Gasteiger partial charge in [0.05, 0.1) is 28.8 Å². The van der Waals surface area contributed by atoms with Crippen LogP contribution in [0.1, 0.15) is 0 Å². The molecule has 0 aliphatic carbocycles. The number of halogens is 2. The molecule has 2 aromatic carbocycles. The van der Waals surface area contributed by atoms with Crippen LogP contribution >= 0.6 is 23.2 Å². The number of ether oxygens (including phenoxy) is 2. The van der Waals surface area contributed by atoms with Gasteiger partial charge < -0.3 is 20.1 Å². The molecule has 11 heteroatoms. The molecule has 0 bridgehead atoms. The molecule has 0 saturated carbocycles. The number of likely N-dealkylation sites (N-methyl/N-ethyl adjacent to an activating group) is 1. The summed E-state index contributed by atoms with van der Waals surface area (Å²) in [5.41, 5.74) is 0.742. The van der Waals surface area contributed by atoms with Crippen molar-refractivity contribution in [1.82, 2.24) is 10.2 Å². The van der Waals surface area contributed by atoms with Crippen LogP contribution in [0.5, 0.6) is 11.5 Å². The second kappa shape index (κ2) is 10.3. The van der Waals surface area contributed by atoms with Gasteiger partial charge in [-0.3, -0.25) is 19.8 Å². The Morgan fingerprint density at radius 1 is 0.935 bits per heavy atom. The molecular formula is C20H20Cl2N4O5. The average molecular weight is 467 g/mol. The lowest BCUT2D eigenvalue weighted by Crippen LogP contribution is -2.42. The van der Waals surface area contributed by atoms with E-state index in [0.29, 0.717) is 46.1 Å². The number of carbonyl (C=O) groups excluding carboxylic acids is 3. The van der Waals surface area contributed by atoms with Crippen molar-refractivity contribution in [3.8, 4) is 11.5 Å². The Bertz CT molecular complexity index is 981. The van der Waals surface area contributed by atoms with Gasteiger partial charge in [-0.25, -0.2) is 4.79 Å². The summed E-state index contributed by atoms with van der Waals surface area (Å²) in [6.07, 6.45) is 0. The second-order valence-electron chi connectivity index (χ2n) is 6.68. The highest BCUT2D eigenvalue weighted by atomic mass is 35.5. The van der Waals surface area contributed by atoms with Crippen LogP contribution < -0.4 is 25.4 Å². The molecule has 1 heterocycles. The van der Waals surface area contributed by atoms with Gasteiger partial charge in [0.15, 0.2) is 11.5 Å². The molecule has 0 fully saturated rings. The standard InChI is InChI=1S/C20H20Cl2N4O5/c1-26(10-17(27)24-19-13(21)3-2-4-14(19)22)11-18(28)25-20(29)23-12-5-6-15-16(9-12)31-8-7-30-15/h2-6,9H,7-8,10-11H2,1H3,(H,24,27)(H2,23,25,28,29). The third-order valence-corrected chi connectivity index (χ3v) is 4.74. The first-order valence-electron chi connectivity index (χ1n) is 9.24. The first-order valence-corrected chi connectivity index (χ1v) is 10.0. The van der Waals surface area contributed by atoms with Gasteiger partial charge in [-0.05, 0) is 31.3 Å². The first-order chi connectivity index (χ1) is 14.8. The van der Waals surface area contributed by atoms with Crippen molar-refractivity contribution in [3.63, 3.8) is 0 Å². The van der Waals surface area contributed by atoms with Crippen LogP contribution in [0.15, 0.2) is 36.4 Å². The summed E-state index contributed by atoms with van der Waals surface area (Å²) in [4.78, 5) is 37.8. The fraction of sp³-hybridized carbons (Fsp3) is 0.250. The minimum absolute atomic E-state index is 0.112. The van der Waals surface area contributed by atoms with E-state index >= 15 is 0 Å². The number of nitrogens with zero attached hydrogens (tertiary/aromatic N) is 1. The Kier molecular flexibility index (Phi) is 7.56. The topological polar surface area (TPSA) is 109 Å². The Labute approximate surface area is 188 Å². The summed E-state index contributed by atoms with van der Waals surface area (Å²) in [6, 6.07) is 9.06. The molecule has 0 saturated heterocycles. The molecule has 0 radical (unpaired) electrons. The van der Waals surface area contributed by atoms with E-state index in [4.69, 9.17) is 32.7 Å². The van der Waals surface area contributed by atoms with Crippen molar-refractivity contribution in [2.45, 2.75) is 0 Å². The van der Waals surface area contributed by atoms with Crippen molar-refractivity contribution >= 4 is 52.4 Å². The quantitative estimate of drug-likeness (QED) is 0.603. The number of hydrogen-bond donors (Lipinski definition) is 3. The van der Waals surface area contributed by atoms with Gasteiger partial charge in [-0.15, -0.1) is 0 Å². The maximum absolute atomic E-state index is 12.2. The van der Waals surface area contributed by atoms with E-state index in [1.165, 1.54) is 4.90 Å². The number of urea groups is 1. The lowest BCUT2D eigenvalue weighted by atomic mass is 10.2. The van der Waals surface area contributed by atoms with Crippen molar-refractivity contribution in [1.29, 1.82) is 0 Å². The van der Waals surface area contributed by atoms with E-state index in [-0.39, 0.29) is 13.1 Å². The van der Waals surface area contributed by atoms with Crippen LogP contribution in [0.25, 0.3) is 0 Å². The van der Waals surface area contributed by atoms with Gasteiger partial charge >= 0.3 is 6.03 Å². The van der Waals surface area contributed by atoms with Crippen LogP contribution in [0.4, 0.5) is 16.2 Å². The van der Waals surface area contributed by atoms with Gasteiger partial charge in [-0.2, -0.15) is 0 Å². The van der Waals surface area contributed by atoms with Gasteiger partial charge in [0.1, 0.15) is 13.2 Å². The van der Waals surface area contributed by atoms with Crippen LogP contribution in [0.2, 0.25) is 10.0 Å². The Morgan fingerprint density at radius 3 is 2.29 bits per heavy atom. The number of hydrogen-bond acceptors (Lipinski definition) is 6. The van der Waals surface area contributed by atoms with Gasteiger partial charge in [-0.1, -0.05) is 29.3 Å². The Morgan fingerprint density at radius 2 is 1.58 bits per heavy atom. The van der Waals surface area contributed by atoms with Crippen molar-refractivity contribution < 1.29 is 23.9 Å². The normalized spacial score (nSPS) is 12.3. The molecule has 0 aromatic heterocycles. The Balaban J connectivity index is 1.45. The van der Waals surface area contributed by atoms with E-state index in [2.05, 4.69) is 16.0 Å². The summed E-state index contributed by atoms with van der Waals surface area (Å²) in [5.74, 6) is 0.109. The monoisotopic (exact) mass is 466 g/mol. The molecule has 0 spiro atoms. The molecule has 2 aromatic rings. The van der Waals surface area contributed by atoms with Crippen LogP contribution in [0.3, 0.4) is 0 Å². The van der Waals surface area contributed by atoms with Gasteiger partial charge in [0.2, 0.25) is 11.8 Å². The minimum atomic E-state index is -0.706. The fourth-order valence-electron chi connectivity index (χ4n) is 2.79. The molecule has 31 heavy (non-hydrogen) atoms. The lowest BCUT2D eigenvalue weighted by molar-refractivity contribution is -0.121. The predicted molar refractivity (Wildman–Crippen MR) is 117 cm³/mol. The number of imide groups is 1. The van der Waals surface area contributed by atoms with Gasteiger partial charge in [0.25, 0.3) is 0 Å². The van der Waals surface area contributed by atoms with E-state index in [0.717, 1.165) is 0 Å². The van der Waals surface area contributed by atoms with Crippen LogP contribution in [0, 0.1) is 0 Å². The minimum Gasteiger partial charge on any atom is -0.486 e. The zero-order valence-electron chi connectivity index (χ0n) is 16.5. The molecule has 3 N–H and O–H groups in total. The molecule has 0 unspecified atom stereocenters. The average Bonchev–Trinajstić information content (AvgIpc) is 2.70. The third kappa shape index (κ3) is 6.48. The number of para-hydroxylation sites is 1. The highest BCUT2D eigenvalue weighted by molar-refractivity contribution is 6.39. The van der Waals surface area contributed by atoms with E-state index in [1.54, 1.807) is 43.4 Å². The highest BCUT2D eigenvalue weighted by Gasteiger charge is 2.16. The SMILES string of the molecule is CN(CC(=O)NC(=O)Nc1ccc2c(c1)OCCO2)CC(=O)Nc1c(Cl)cccc1Cl. The molecule has 9 nitrogen and oxygen atoms in total. The third-order valence-electron chi connectivity index (χ3n) is 4.11. The maximum atomic E-state index is 12.2. The molecule has 3 rings (SSSR count). The van der Waals surface area contributed by atoms with Crippen molar-refractivity contribution in [3.05, 3.63) is 46.4 Å². The number of nitrogens with one attached hydrogen (secondary N) is 3. The summed E-state index contributed by atoms with van der Waals surface area (Å²) >= 11 is 12.0. The van der Waals surface area contributed by atoms with E-state index < -0.39 is 17.8 Å².